The Hall–Kier alpha value is -2.74. The van der Waals surface area contributed by atoms with Gasteiger partial charge in [-0.25, -0.2) is 0 Å². The molecule has 2 amide bonds. The van der Waals surface area contributed by atoms with Crippen molar-refractivity contribution in [2.24, 2.45) is 0 Å². The van der Waals surface area contributed by atoms with Crippen molar-refractivity contribution in [3.8, 4) is 0 Å². The molecule has 2 aliphatic rings. The molecular weight excluding hydrogens is 449 g/mol. The number of amides is 2. The van der Waals surface area contributed by atoms with Gasteiger partial charge in [0.25, 0.3) is 5.91 Å². The lowest BCUT2D eigenvalue weighted by molar-refractivity contribution is -0.137. The summed E-state index contributed by atoms with van der Waals surface area (Å²) >= 11 is 1.22. The zero-order valence-electron chi connectivity index (χ0n) is 18.3. The lowest BCUT2D eigenvalue weighted by Crippen LogP contribution is -2.38. The zero-order valence-corrected chi connectivity index (χ0v) is 19.1. The lowest BCUT2D eigenvalue weighted by atomic mass is 9.94. The van der Waals surface area contributed by atoms with Gasteiger partial charge in [-0.05, 0) is 42.7 Å². The van der Waals surface area contributed by atoms with E-state index in [1.54, 1.807) is 30.1 Å². The topological polar surface area (TPSA) is 40.6 Å². The van der Waals surface area contributed by atoms with Crippen LogP contribution in [-0.4, -0.2) is 29.8 Å². The fourth-order valence-corrected chi connectivity index (χ4v) is 5.33. The fraction of sp³-hybridized carbons (Fsp3) is 0.360. The number of benzene rings is 2. The Morgan fingerprint density at radius 3 is 2.58 bits per heavy atom. The number of thioether (sulfide) groups is 1. The number of carbonyl (C=O) groups is 2. The van der Waals surface area contributed by atoms with Crippen molar-refractivity contribution in [1.82, 2.24) is 4.90 Å². The number of rotatable bonds is 4. The molecule has 0 N–H and O–H groups in total. The Morgan fingerprint density at radius 2 is 1.85 bits per heavy atom. The first kappa shape index (κ1) is 23.4. The van der Waals surface area contributed by atoms with Gasteiger partial charge in [0.05, 0.1) is 22.7 Å². The van der Waals surface area contributed by atoms with Gasteiger partial charge in [0.1, 0.15) is 0 Å². The van der Waals surface area contributed by atoms with E-state index in [4.69, 9.17) is 0 Å². The molecular formula is C25H25F3N2O2S. The summed E-state index contributed by atoms with van der Waals surface area (Å²) in [6.07, 6.45) is 2.17. The minimum Gasteiger partial charge on any atom is -0.339 e. The van der Waals surface area contributed by atoms with E-state index in [9.17, 15) is 22.8 Å². The maximum absolute atomic E-state index is 13.4. The molecule has 0 saturated heterocycles. The Labute approximate surface area is 195 Å². The van der Waals surface area contributed by atoms with Crippen LogP contribution in [0.25, 0.3) is 0 Å². The third-order valence-electron chi connectivity index (χ3n) is 6.15. The van der Waals surface area contributed by atoms with E-state index < -0.39 is 11.7 Å². The van der Waals surface area contributed by atoms with Gasteiger partial charge in [0.15, 0.2) is 0 Å². The van der Waals surface area contributed by atoms with E-state index in [1.807, 2.05) is 12.1 Å². The Morgan fingerprint density at radius 1 is 1.12 bits per heavy atom. The molecule has 1 saturated carbocycles. The highest BCUT2D eigenvalue weighted by molar-refractivity contribution is 8.04. The molecule has 4 nitrogen and oxygen atoms in total. The number of para-hydroxylation sites is 1. The van der Waals surface area contributed by atoms with E-state index in [1.165, 1.54) is 35.2 Å². The Kier molecular flexibility index (Phi) is 6.83. The molecule has 2 aromatic carbocycles. The molecule has 0 radical (unpaired) electrons. The van der Waals surface area contributed by atoms with Crippen molar-refractivity contribution < 1.29 is 22.8 Å². The Bertz CT molecular complexity index is 1080. The number of alkyl halides is 3. The third-order valence-corrected chi connectivity index (χ3v) is 7.23. The van der Waals surface area contributed by atoms with Gasteiger partial charge in [-0.1, -0.05) is 55.3 Å². The van der Waals surface area contributed by atoms with Crippen LogP contribution in [0.2, 0.25) is 0 Å². The SMILES string of the molecule is CN(C(=O)/C=C1/Sc2ccccc2N(Cc2cccc(C(F)(F)F)c2)C1=O)C1CCCCC1. The molecule has 4 rings (SSSR count). The van der Waals surface area contributed by atoms with Gasteiger partial charge in [-0.2, -0.15) is 13.2 Å². The molecule has 8 heteroatoms. The minimum atomic E-state index is -4.46. The maximum Gasteiger partial charge on any atom is 0.416 e. The summed E-state index contributed by atoms with van der Waals surface area (Å²) in [7, 11) is 1.77. The fourth-order valence-electron chi connectivity index (χ4n) is 4.31. The number of anilines is 1. The van der Waals surface area contributed by atoms with Crippen molar-refractivity contribution >= 4 is 29.3 Å². The van der Waals surface area contributed by atoms with E-state index in [2.05, 4.69) is 0 Å². The van der Waals surface area contributed by atoms with Gasteiger partial charge in [-0.15, -0.1) is 0 Å². The number of carbonyl (C=O) groups excluding carboxylic acids is 2. The number of fused-ring (bicyclic) bond motifs is 1. The molecule has 2 aromatic rings. The van der Waals surface area contributed by atoms with Gasteiger partial charge in [0, 0.05) is 24.1 Å². The first-order valence-corrected chi connectivity index (χ1v) is 11.8. The molecule has 174 valence electrons. The second kappa shape index (κ2) is 9.63. The van der Waals surface area contributed by atoms with Crippen LogP contribution in [0, 0.1) is 0 Å². The van der Waals surface area contributed by atoms with E-state index in [0.29, 0.717) is 11.3 Å². The molecule has 0 spiro atoms. The summed E-state index contributed by atoms with van der Waals surface area (Å²) in [4.78, 5) is 30.5. The predicted octanol–water partition coefficient (Wildman–Crippen LogP) is 6.02. The molecule has 1 fully saturated rings. The smallest absolute Gasteiger partial charge is 0.339 e. The van der Waals surface area contributed by atoms with Crippen LogP contribution in [0.1, 0.15) is 43.2 Å². The standard InChI is InChI=1S/C25H25F3N2O2S/c1-29(19-10-3-2-4-11-19)23(31)15-22-24(32)30(20-12-5-6-13-21(20)33-22)16-17-8-7-9-18(14-17)25(26,27)28/h5-9,12-15,19H,2-4,10-11,16H2,1H3/b22-15+. The number of hydrogen-bond acceptors (Lipinski definition) is 3. The second-order valence-corrected chi connectivity index (χ2v) is 9.49. The number of likely N-dealkylation sites (N-methyl/N-ethyl adjacent to an activating group) is 1. The summed E-state index contributed by atoms with van der Waals surface area (Å²) in [6.45, 7) is -0.0235. The third kappa shape index (κ3) is 5.27. The average Bonchev–Trinajstić information content (AvgIpc) is 2.81. The van der Waals surface area contributed by atoms with E-state index >= 15 is 0 Å². The highest BCUT2D eigenvalue weighted by Gasteiger charge is 2.33. The van der Waals surface area contributed by atoms with Crippen LogP contribution in [0.4, 0.5) is 18.9 Å². The predicted molar refractivity (Wildman–Crippen MR) is 123 cm³/mol. The first-order valence-electron chi connectivity index (χ1n) is 11.0. The average molecular weight is 475 g/mol. The number of nitrogens with zero attached hydrogens (tertiary/aromatic N) is 2. The van der Waals surface area contributed by atoms with E-state index in [0.717, 1.165) is 42.7 Å². The number of halogens is 3. The molecule has 1 aliphatic carbocycles. The summed E-state index contributed by atoms with van der Waals surface area (Å²) in [5.41, 5.74) is 0.229. The summed E-state index contributed by atoms with van der Waals surface area (Å²) < 4.78 is 39.5. The minimum absolute atomic E-state index is 0.0235. The maximum atomic E-state index is 13.4. The highest BCUT2D eigenvalue weighted by Crippen LogP contribution is 2.42. The summed E-state index contributed by atoms with van der Waals surface area (Å²) in [5, 5.41) is 0. The van der Waals surface area contributed by atoms with Crippen molar-refractivity contribution in [2.75, 3.05) is 11.9 Å². The van der Waals surface area contributed by atoms with Crippen molar-refractivity contribution in [3.05, 3.63) is 70.6 Å². The summed E-state index contributed by atoms with van der Waals surface area (Å²) in [5.74, 6) is -0.613. The van der Waals surface area contributed by atoms with Crippen LogP contribution in [-0.2, 0) is 22.3 Å². The zero-order chi connectivity index (χ0) is 23.6. The molecule has 33 heavy (non-hydrogen) atoms. The van der Waals surface area contributed by atoms with Crippen LogP contribution in [0.15, 0.2) is 64.4 Å². The second-order valence-electron chi connectivity index (χ2n) is 8.41. The summed E-state index contributed by atoms with van der Waals surface area (Å²) in [6, 6.07) is 12.4. The highest BCUT2D eigenvalue weighted by atomic mass is 32.2. The van der Waals surface area contributed by atoms with Crippen molar-refractivity contribution in [1.29, 1.82) is 0 Å². The van der Waals surface area contributed by atoms with Gasteiger partial charge < -0.3 is 9.80 Å². The first-order chi connectivity index (χ1) is 15.7. The molecule has 0 bridgehead atoms. The van der Waals surface area contributed by atoms with Crippen LogP contribution in [0.5, 0.6) is 0 Å². The normalized spacial score (nSPS) is 18.4. The molecule has 0 atom stereocenters. The lowest BCUT2D eigenvalue weighted by Gasteiger charge is -2.32. The monoisotopic (exact) mass is 474 g/mol. The van der Waals surface area contributed by atoms with Crippen LogP contribution < -0.4 is 4.90 Å². The molecule has 1 aliphatic heterocycles. The van der Waals surface area contributed by atoms with Crippen LogP contribution >= 0.6 is 11.8 Å². The van der Waals surface area contributed by atoms with Gasteiger partial charge >= 0.3 is 6.18 Å². The van der Waals surface area contributed by atoms with E-state index in [-0.39, 0.29) is 29.3 Å². The van der Waals surface area contributed by atoms with Crippen LogP contribution in [0.3, 0.4) is 0 Å². The van der Waals surface area contributed by atoms with Crippen molar-refractivity contribution in [3.63, 3.8) is 0 Å². The Balaban J connectivity index is 1.62. The molecule has 0 aromatic heterocycles. The van der Waals surface area contributed by atoms with Gasteiger partial charge in [-0.3, -0.25) is 9.59 Å². The molecule has 0 unspecified atom stereocenters. The number of hydrogen-bond donors (Lipinski definition) is 0. The quantitative estimate of drug-likeness (QED) is 0.509. The largest absolute Gasteiger partial charge is 0.416 e. The molecule has 1 heterocycles. The van der Waals surface area contributed by atoms with Gasteiger partial charge in [0.2, 0.25) is 5.91 Å². The van der Waals surface area contributed by atoms with Crippen molar-refractivity contribution in [2.45, 2.75) is 55.8 Å².